The first-order valence-electron chi connectivity index (χ1n) is 4.97. The highest BCUT2D eigenvalue weighted by Crippen LogP contribution is 2.03. The molecule has 15 heavy (non-hydrogen) atoms. The lowest BCUT2D eigenvalue weighted by Gasteiger charge is -2.21. The zero-order valence-corrected chi connectivity index (χ0v) is 9.10. The second kappa shape index (κ2) is 4.88. The van der Waals surface area contributed by atoms with Gasteiger partial charge in [0, 0.05) is 12.7 Å². The Morgan fingerprint density at radius 2 is 2.40 bits per heavy atom. The number of nitrogens with zero attached hydrogens (tertiary/aromatic N) is 3. The maximum Gasteiger partial charge on any atom is 0.239 e. The van der Waals surface area contributed by atoms with Gasteiger partial charge >= 0.3 is 0 Å². The molecular formula is C9H17N5O. The molecule has 0 saturated heterocycles. The van der Waals surface area contributed by atoms with Gasteiger partial charge in [0.2, 0.25) is 5.91 Å². The smallest absolute Gasteiger partial charge is 0.239 e. The summed E-state index contributed by atoms with van der Waals surface area (Å²) in [7, 11) is 0. The summed E-state index contributed by atoms with van der Waals surface area (Å²) in [5.74, 6) is -0.134. The molecule has 1 unspecified atom stereocenters. The summed E-state index contributed by atoms with van der Waals surface area (Å²) in [4.78, 5) is 11.5. The predicted molar refractivity (Wildman–Crippen MR) is 55.9 cm³/mol. The summed E-state index contributed by atoms with van der Waals surface area (Å²) < 4.78 is 1.65. The molecule has 0 aliphatic heterocycles. The number of hydrogen-bond donors (Lipinski definition) is 2. The standard InChI is InChI=1S/C9H17N5O/c1-3-9(2,10)8(15)11-4-6-14-7-5-12-13-14/h5,7H,3-4,6,10H2,1-2H3,(H,11,15). The molecule has 1 aromatic rings. The van der Waals surface area contributed by atoms with E-state index in [1.807, 2.05) is 6.92 Å². The number of carbonyl (C=O) groups excluding carboxylic acids is 1. The first kappa shape index (κ1) is 11.6. The summed E-state index contributed by atoms with van der Waals surface area (Å²) in [6.07, 6.45) is 3.96. The lowest BCUT2D eigenvalue weighted by Crippen LogP contribution is -2.51. The molecular weight excluding hydrogens is 194 g/mol. The number of aromatic nitrogens is 3. The summed E-state index contributed by atoms with van der Waals surface area (Å²) in [6.45, 7) is 4.72. The molecule has 1 amide bonds. The van der Waals surface area contributed by atoms with Crippen LogP contribution in [0.3, 0.4) is 0 Å². The topological polar surface area (TPSA) is 85.8 Å². The van der Waals surface area contributed by atoms with Gasteiger partial charge in [-0.15, -0.1) is 5.10 Å². The fraction of sp³-hybridized carbons (Fsp3) is 0.667. The number of hydrogen-bond acceptors (Lipinski definition) is 4. The predicted octanol–water partition coefficient (Wildman–Crippen LogP) is -0.478. The summed E-state index contributed by atoms with van der Waals surface area (Å²) >= 11 is 0. The van der Waals surface area contributed by atoms with Gasteiger partial charge in [-0.25, -0.2) is 0 Å². The van der Waals surface area contributed by atoms with E-state index in [0.29, 0.717) is 19.5 Å². The largest absolute Gasteiger partial charge is 0.353 e. The summed E-state index contributed by atoms with van der Waals surface area (Å²) in [5.41, 5.74) is 4.98. The third kappa shape index (κ3) is 3.32. The van der Waals surface area contributed by atoms with Gasteiger partial charge in [-0.2, -0.15) is 0 Å². The van der Waals surface area contributed by atoms with Gasteiger partial charge in [-0.3, -0.25) is 9.48 Å². The Balaban J connectivity index is 2.29. The van der Waals surface area contributed by atoms with Crippen molar-refractivity contribution in [3.8, 4) is 0 Å². The highest BCUT2D eigenvalue weighted by molar-refractivity contribution is 5.85. The van der Waals surface area contributed by atoms with E-state index in [9.17, 15) is 4.79 Å². The fourth-order valence-corrected chi connectivity index (χ4v) is 0.998. The van der Waals surface area contributed by atoms with Crippen LogP contribution in [0.4, 0.5) is 0 Å². The first-order chi connectivity index (χ1) is 7.06. The molecule has 0 fully saturated rings. The molecule has 0 radical (unpaired) electrons. The molecule has 0 aliphatic rings. The van der Waals surface area contributed by atoms with Crippen molar-refractivity contribution in [3.63, 3.8) is 0 Å². The van der Waals surface area contributed by atoms with Crippen molar-refractivity contribution in [3.05, 3.63) is 12.4 Å². The van der Waals surface area contributed by atoms with Gasteiger partial charge in [-0.1, -0.05) is 12.1 Å². The van der Waals surface area contributed by atoms with Crippen molar-refractivity contribution < 1.29 is 4.79 Å². The van der Waals surface area contributed by atoms with Gasteiger partial charge in [0.25, 0.3) is 0 Å². The number of nitrogens with two attached hydrogens (primary N) is 1. The second-order valence-corrected chi connectivity index (χ2v) is 3.69. The molecule has 0 bridgehead atoms. The monoisotopic (exact) mass is 211 g/mol. The maximum atomic E-state index is 11.5. The molecule has 0 aromatic carbocycles. The van der Waals surface area contributed by atoms with Crippen LogP contribution < -0.4 is 11.1 Å². The Hall–Kier alpha value is -1.43. The Bertz CT molecular complexity index is 306. The fourth-order valence-electron chi connectivity index (χ4n) is 0.998. The minimum Gasteiger partial charge on any atom is -0.353 e. The lowest BCUT2D eigenvalue weighted by atomic mass is 10.00. The molecule has 6 nitrogen and oxygen atoms in total. The molecule has 6 heteroatoms. The van der Waals surface area contributed by atoms with E-state index in [0.717, 1.165) is 0 Å². The first-order valence-corrected chi connectivity index (χ1v) is 4.97. The van der Waals surface area contributed by atoms with Crippen molar-refractivity contribution >= 4 is 5.91 Å². The van der Waals surface area contributed by atoms with Crippen molar-refractivity contribution in [1.82, 2.24) is 20.3 Å². The average Bonchev–Trinajstić information content (AvgIpc) is 2.70. The van der Waals surface area contributed by atoms with Crippen molar-refractivity contribution in [1.29, 1.82) is 0 Å². The molecule has 1 rings (SSSR count). The van der Waals surface area contributed by atoms with Crippen LogP contribution in [0.2, 0.25) is 0 Å². The van der Waals surface area contributed by atoms with E-state index in [1.54, 1.807) is 24.0 Å². The van der Waals surface area contributed by atoms with Crippen LogP contribution in [0.15, 0.2) is 12.4 Å². The molecule has 0 spiro atoms. The van der Waals surface area contributed by atoms with Crippen LogP contribution in [0.5, 0.6) is 0 Å². The van der Waals surface area contributed by atoms with E-state index in [2.05, 4.69) is 15.6 Å². The molecule has 1 aromatic heterocycles. The van der Waals surface area contributed by atoms with E-state index < -0.39 is 5.54 Å². The third-order valence-electron chi connectivity index (χ3n) is 2.35. The second-order valence-electron chi connectivity index (χ2n) is 3.69. The van der Waals surface area contributed by atoms with Crippen LogP contribution in [0.25, 0.3) is 0 Å². The number of rotatable bonds is 5. The molecule has 3 N–H and O–H groups in total. The molecule has 1 atom stereocenters. The minimum absolute atomic E-state index is 0.134. The molecule has 1 heterocycles. The summed E-state index contributed by atoms with van der Waals surface area (Å²) in [6, 6.07) is 0. The SMILES string of the molecule is CCC(C)(N)C(=O)NCCn1ccnn1. The van der Waals surface area contributed by atoms with Crippen molar-refractivity contribution in [2.24, 2.45) is 5.73 Å². The van der Waals surface area contributed by atoms with Gasteiger partial charge in [0.15, 0.2) is 0 Å². The van der Waals surface area contributed by atoms with Crippen molar-refractivity contribution in [2.75, 3.05) is 6.54 Å². The highest BCUT2D eigenvalue weighted by atomic mass is 16.2. The zero-order valence-electron chi connectivity index (χ0n) is 9.10. The number of carbonyl (C=O) groups is 1. The van der Waals surface area contributed by atoms with E-state index in [1.165, 1.54) is 0 Å². The lowest BCUT2D eigenvalue weighted by molar-refractivity contribution is -0.125. The Morgan fingerprint density at radius 3 is 2.93 bits per heavy atom. The summed E-state index contributed by atoms with van der Waals surface area (Å²) in [5, 5.41) is 10.2. The van der Waals surface area contributed by atoms with Gasteiger partial charge in [0.1, 0.15) is 0 Å². The molecule has 0 saturated carbocycles. The van der Waals surface area contributed by atoms with Crippen LogP contribution in [-0.4, -0.2) is 33.0 Å². The Morgan fingerprint density at radius 1 is 1.67 bits per heavy atom. The van der Waals surface area contributed by atoms with E-state index in [4.69, 9.17) is 5.73 Å². The quantitative estimate of drug-likeness (QED) is 0.689. The Kier molecular flexibility index (Phi) is 3.79. The van der Waals surface area contributed by atoms with Gasteiger partial charge in [0.05, 0.1) is 18.3 Å². The van der Waals surface area contributed by atoms with E-state index in [-0.39, 0.29) is 5.91 Å². The van der Waals surface area contributed by atoms with Crippen LogP contribution in [0, 0.1) is 0 Å². The van der Waals surface area contributed by atoms with E-state index >= 15 is 0 Å². The normalized spacial score (nSPS) is 14.6. The minimum atomic E-state index is -0.789. The number of nitrogens with one attached hydrogen (secondary N) is 1. The third-order valence-corrected chi connectivity index (χ3v) is 2.35. The molecule has 84 valence electrons. The van der Waals surface area contributed by atoms with Crippen LogP contribution in [0.1, 0.15) is 20.3 Å². The Labute approximate surface area is 88.8 Å². The van der Waals surface area contributed by atoms with Gasteiger partial charge < -0.3 is 11.1 Å². The zero-order chi connectivity index (χ0) is 11.3. The molecule has 0 aliphatic carbocycles. The average molecular weight is 211 g/mol. The van der Waals surface area contributed by atoms with Crippen LogP contribution in [-0.2, 0) is 11.3 Å². The van der Waals surface area contributed by atoms with Crippen LogP contribution >= 0.6 is 0 Å². The van der Waals surface area contributed by atoms with Crippen molar-refractivity contribution in [2.45, 2.75) is 32.4 Å². The maximum absolute atomic E-state index is 11.5. The van der Waals surface area contributed by atoms with Gasteiger partial charge in [-0.05, 0) is 13.3 Å². The number of amides is 1. The highest BCUT2D eigenvalue weighted by Gasteiger charge is 2.25.